The van der Waals surface area contributed by atoms with E-state index in [0.717, 1.165) is 18.4 Å². The van der Waals surface area contributed by atoms with E-state index in [4.69, 9.17) is 4.98 Å². The minimum absolute atomic E-state index is 0.130. The molecule has 2 N–H and O–H groups in total. The summed E-state index contributed by atoms with van der Waals surface area (Å²) < 4.78 is 1.72. The lowest BCUT2D eigenvalue weighted by Crippen LogP contribution is -2.23. The van der Waals surface area contributed by atoms with Gasteiger partial charge in [0.15, 0.2) is 11.3 Å². The quantitative estimate of drug-likeness (QED) is 0.743. The number of hydrogen-bond acceptors (Lipinski definition) is 4. The fourth-order valence-electron chi connectivity index (χ4n) is 3.79. The van der Waals surface area contributed by atoms with Crippen LogP contribution >= 0.6 is 0 Å². The Bertz CT molecular complexity index is 1010. The standard InChI is InChI=1S/C20H23N5O2/c1-21-19(26)15-9-7-14(8-10-15)16-11-22-17-18(23-16)25(20(27)24-17)12-13-5-3-2-4-6-13/h7-11,13H,2-6,12H2,1H3,(H,21,26)(H,22,24,27). The summed E-state index contributed by atoms with van der Waals surface area (Å²) in [6.07, 6.45) is 7.72. The van der Waals surface area contributed by atoms with E-state index in [1.54, 1.807) is 29.9 Å². The molecule has 1 aliphatic rings. The first-order valence-electron chi connectivity index (χ1n) is 9.44. The molecule has 1 aromatic carbocycles. The van der Waals surface area contributed by atoms with Crippen molar-refractivity contribution < 1.29 is 4.79 Å². The number of hydrogen-bond donors (Lipinski definition) is 2. The fraction of sp³-hybridized carbons (Fsp3) is 0.400. The summed E-state index contributed by atoms with van der Waals surface area (Å²) in [4.78, 5) is 36.0. The van der Waals surface area contributed by atoms with Gasteiger partial charge in [-0.1, -0.05) is 31.4 Å². The van der Waals surface area contributed by atoms with E-state index >= 15 is 0 Å². The van der Waals surface area contributed by atoms with Crippen LogP contribution in [-0.2, 0) is 6.54 Å². The molecule has 7 heteroatoms. The van der Waals surface area contributed by atoms with Crippen LogP contribution in [-0.4, -0.2) is 32.5 Å². The first-order chi connectivity index (χ1) is 13.2. The van der Waals surface area contributed by atoms with Gasteiger partial charge in [0, 0.05) is 24.7 Å². The van der Waals surface area contributed by atoms with E-state index in [0.29, 0.717) is 35.0 Å². The summed E-state index contributed by atoms with van der Waals surface area (Å²) in [6.45, 7) is 0.687. The van der Waals surface area contributed by atoms with Gasteiger partial charge < -0.3 is 5.32 Å². The highest BCUT2D eigenvalue weighted by Crippen LogP contribution is 2.26. The first-order valence-corrected chi connectivity index (χ1v) is 9.44. The third-order valence-corrected chi connectivity index (χ3v) is 5.32. The molecule has 4 rings (SSSR count). The van der Waals surface area contributed by atoms with Crippen LogP contribution in [0.2, 0.25) is 0 Å². The number of carbonyl (C=O) groups excluding carboxylic acids is 1. The van der Waals surface area contributed by atoms with Crippen LogP contribution in [0.3, 0.4) is 0 Å². The smallest absolute Gasteiger partial charge is 0.328 e. The minimum Gasteiger partial charge on any atom is -0.355 e. The van der Waals surface area contributed by atoms with Crippen molar-refractivity contribution in [2.24, 2.45) is 5.92 Å². The summed E-state index contributed by atoms with van der Waals surface area (Å²) >= 11 is 0. The van der Waals surface area contributed by atoms with Crippen LogP contribution in [0.25, 0.3) is 22.6 Å². The van der Waals surface area contributed by atoms with Gasteiger partial charge in [0.05, 0.1) is 11.9 Å². The van der Waals surface area contributed by atoms with E-state index < -0.39 is 0 Å². The van der Waals surface area contributed by atoms with Crippen LogP contribution in [0.15, 0.2) is 35.3 Å². The summed E-state index contributed by atoms with van der Waals surface area (Å²) in [5, 5.41) is 2.60. The maximum atomic E-state index is 12.4. The number of imidazole rings is 1. The molecule has 27 heavy (non-hydrogen) atoms. The lowest BCUT2D eigenvalue weighted by atomic mass is 9.89. The number of rotatable bonds is 4. The Kier molecular flexibility index (Phi) is 4.75. The molecule has 3 aromatic rings. The van der Waals surface area contributed by atoms with Crippen LogP contribution in [0.5, 0.6) is 0 Å². The molecule has 1 fully saturated rings. The maximum Gasteiger partial charge on any atom is 0.328 e. The second-order valence-corrected chi connectivity index (χ2v) is 7.13. The minimum atomic E-state index is -0.150. The first kappa shape index (κ1) is 17.5. The zero-order valence-electron chi connectivity index (χ0n) is 15.4. The third kappa shape index (κ3) is 3.49. The molecular formula is C20H23N5O2. The number of nitrogens with zero attached hydrogens (tertiary/aromatic N) is 3. The lowest BCUT2D eigenvalue weighted by Gasteiger charge is -2.21. The highest BCUT2D eigenvalue weighted by Gasteiger charge is 2.18. The molecule has 2 aromatic heterocycles. The Balaban J connectivity index is 1.67. The van der Waals surface area contributed by atoms with Crippen LogP contribution in [0.1, 0.15) is 42.5 Å². The molecule has 0 radical (unpaired) electrons. The molecule has 1 saturated carbocycles. The molecule has 7 nitrogen and oxygen atoms in total. The Labute approximate surface area is 156 Å². The number of fused-ring (bicyclic) bond motifs is 1. The highest BCUT2D eigenvalue weighted by molar-refractivity contribution is 5.94. The molecular weight excluding hydrogens is 342 g/mol. The Morgan fingerprint density at radius 3 is 2.67 bits per heavy atom. The van der Waals surface area contributed by atoms with Crippen molar-refractivity contribution in [3.05, 3.63) is 46.5 Å². The summed E-state index contributed by atoms with van der Waals surface area (Å²) in [6, 6.07) is 7.20. The number of aromatic nitrogens is 4. The second kappa shape index (κ2) is 7.34. The SMILES string of the molecule is CNC(=O)c1ccc(-c2cnc3[nH]c(=O)n(CC4CCCCC4)c3n2)cc1. The average Bonchev–Trinajstić information content (AvgIpc) is 3.03. The van der Waals surface area contributed by atoms with Crippen molar-refractivity contribution in [1.82, 2.24) is 24.8 Å². The van der Waals surface area contributed by atoms with Gasteiger partial charge in [0.25, 0.3) is 5.91 Å². The normalized spacial score (nSPS) is 15.1. The van der Waals surface area contributed by atoms with Crippen molar-refractivity contribution in [2.75, 3.05) is 7.05 Å². The van der Waals surface area contributed by atoms with E-state index in [9.17, 15) is 9.59 Å². The largest absolute Gasteiger partial charge is 0.355 e. The second-order valence-electron chi connectivity index (χ2n) is 7.13. The molecule has 1 aliphatic carbocycles. The van der Waals surface area contributed by atoms with Gasteiger partial charge in [-0.05, 0) is 30.9 Å². The van der Waals surface area contributed by atoms with E-state index in [2.05, 4.69) is 15.3 Å². The zero-order chi connectivity index (χ0) is 18.8. The monoisotopic (exact) mass is 365 g/mol. The molecule has 0 aliphatic heterocycles. The number of benzene rings is 1. The predicted octanol–water partition coefficient (Wildman–Crippen LogP) is 2.73. The van der Waals surface area contributed by atoms with Crippen LogP contribution in [0, 0.1) is 5.92 Å². The van der Waals surface area contributed by atoms with Gasteiger partial charge >= 0.3 is 5.69 Å². The Hall–Kier alpha value is -2.96. The van der Waals surface area contributed by atoms with E-state index in [1.165, 1.54) is 19.3 Å². The highest BCUT2D eigenvalue weighted by atomic mass is 16.2. The van der Waals surface area contributed by atoms with Crippen molar-refractivity contribution in [1.29, 1.82) is 0 Å². The number of amides is 1. The van der Waals surface area contributed by atoms with Gasteiger partial charge in [-0.2, -0.15) is 0 Å². The van der Waals surface area contributed by atoms with Crippen LogP contribution in [0.4, 0.5) is 0 Å². The maximum absolute atomic E-state index is 12.4. The topological polar surface area (TPSA) is 92.7 Å². The number of aromatic amines is 1. The fourth-order valence-corrected chi connectivity index (χ4v) is 3.79. The summed E-state index contributed by atoms with van der Waals surface area (Å²) in [7, 11) is 1.60. The van der Waals surface area contributed by atoms with Gasteiger partial charge in [-0.25, -0.2) is 14.8 Å². The zero-order valence-corrected chi connectivity index (χ0v) is 15.4. The van der Waals surface area contributed by atoms with Crippen molar-refractivity contribution >= 4 is 17.2 Å². The molecule has 0 spiro atoms. The lowest BCUT2D eigenvalue weighted by molar-refractivity contribution is 0.0963. The predicted molar refractivity (Wildman–Crippen MR) is 104 cm³/mol. The molecule has 0 unspecified atom stereocenters. The average molecular weight is 365 g/mol. The van der Waals surface area contributed by atoms with Crippen LogP contribution < -0.4 is 11.0 Å². The van der Waals surface area contributed by atoms with E-state index in [1.807, 2.05) is 12.1 Å². The van der Waals surface area contributed by atoms with Gasteiger partial charge in [0.2, 0.25) is 0 Å². The molecule has 2 heterocycles. The third-order valence-electron chi connectivity index (χ3n) is 5.32. The number of H-pyrrole nitrogens is 1. The van der Waals surface area contributed by atoms with Crippen molar-refractivity contribution in [3.8, 4) is 11.3 Å². The van der Waals surface area contributed by atoms with Gasteiger partial charge in [0.1, 0.15) is 0 Å². The number of nitrogens with one attached hydrogen (secondary N) is 2. The Morgan fingerprint density at radius 2 is 1.96 bits per heavy atom. The molecule has 140 valence electrons. The molecule has 1 amide bonds. The Morgan fingerprint density at radius 1 is 1.22 bits per heavy atom. The van der Waals surface area contributed by atoms with Crippen molar-refractivity contribution in [3.63, 3.8) is 0 Å². The number of carbonyl (C=O) groups is 1. The van der Waals surface area contributed by atoms with Gasteiger partial charge in [-0.3, -0.25) is 14.3 Å². The summed E-state index contributed by atoms with van der Waals surface area (Å²) in [5.74, 6) is 0.391. The summed E-state index contributed by atoms with van der Waals surface area (Å²) in [5.41, 5.74) is 3.09. The molecule has 0 saturated heterocycles. The molecule has 0 atom stereocenters. The van der Waals surface area contributed by atoms with Gasteiger partial charge in [-0.15, -0.1) is 0 Å². The van der Waals surface area contributed by atoms with Crippen molar-refractivity contribution in [2.45, 2.75) is 38.6 Å². The molecule has 0 bridgehead atoms. The van der Waals surface area contributed by atoms with E-state index in [-0.39, 0.29) is 11.6 Å².